The summed E-state index contributed by atoms with van der Waals surface area (Å²) in [7, 11) is 0. The highest BCUT2D eigenvalue weighted by atomic mass is 19.1. The second-order valence-electron chi connectivity index (χ2n) is 6.68. The van der Waals surface area contributed by atoms with E-state index in [0.717, 1.165) is 26.1 Å². The van der Waals surface area contributed by atoms with Crippen molar-refractivity contribution in [3.8, 4) is 5.75 Å². The molecule has 1 amide bonds. The van der Waals surface area contributed by atoms with Crippen molar-refractivity contribution in [2.75, 3.05) is 31.4 Å². The van der Waals surface area contributed by atoms with Gasteiger partial charge in [0.05, 0.1) is 11.8 Å². The maximum atomic E-state index is 13.7. The maximum absolute atomic E-state index is 13.7. The Bertz CT molecular complexity index is 807. The fraction of sp³-hybridized carbons (Fsp3) is 0.389. The molecule has 0 aliphatic carbocycles. The predicted octanol–water partition coefficient (Wildman–Crippen LogP) is 1.72. The number of ether oxygens (including phenoxy) is 1. The minimum Gasteiger partial charge on any atom is -0.490 e. The van der Waals surface area contributed by atoms with Crippen LogP contribution in [0.4, 0.5) is 10.1 Å². The van der Waals surface area contributed by atoms with Crippen LogP contribution in [0.15, 0.2) is 40.6 Å². The summed E-state index contributed by atoms with van der Waals surface area (Å²) in [5.74, 6) is 0.578. The van der Waals surface area contributed by atoms with E-state index >= 15 is 0 Å². The summed E-state index contributed by atoms with van der Waals surface area (Å²) >= 11 is 0. The van der Waals surface area contributed by atoms with E-state index in [4.69, 9.17) is 4.74 Å². The molecule has 8 heteroatoms. The summed E-state index contributed by atoms with van der Waals surface area (Å²) in [4.78, 5) is 14.5. The Hall–Kier alpha value is -2.74. The van der Waals surface area contributed by atoms with Crippen LogP contribution in [0.1, 0.15) is 12.8 Å². The van der Waals surface area contributed by atoms with Crippen molar-refractivity contribution in [3.05, 3.63) is 36.2 Å². The Kier molecular flexibility index (Phi) is 4.42. The number of carbonyl (C=O) groups is 1. The summed E-state index contributed by atoms with van der Waals surface area (Å²) in [6, 6.07) is 4.22. The Balaban J connectivity index is 1.78. The van der Waals surface area contributed by atoms with Gasteiger partial charge in [-0.3, -0.25) is 9.69 Å². The van der Waals surface area contributed by atoms with Gasteiger partial charge in [-0.25, -0.2) is 4.39 Å². The van der Waals surface area contributed by atoms with E-state index in [2.05, 4.69) is 27.0 Å². The molecule has 1 saturated heterocycles. The predicted molar refractivity (Wildman–Crippen MR) is 96.7 cm³/mol. The first-order valence-electron chi connectivity index (χ1n) is 8.65. The maximum Gasteiger partial charge on any atom is 0.257 e. The van der Waals surface area contributed by atoms with E-state index in [-0.39, 0.29) is 11.5 Å². The highest BCUT2D eigenvalue weighted by Gasteiger charge is 2.27. The van der Waals surface area contributed by atoms with Gasteiger partial charge in [-0.2, -0.15) is 5.10 Å². The lowest BCUT2D eigenvalue weighted by atomic mass is 10.0. The molecule has 0 spiro atoms. The standard InChI is InChI=1S/C18H20FN5O2/c1-12-10-20-24-15-3-2-14(19)9-16(15)26-7-6-23-5-4-13(11-23)8-17(22-24)21-18(12)25/h2-3,9-10,13H,1,4-8,11H2,(H,21,22,25)/b20-10-. The summed E-state index contributed by atoms with van der Waals surface area (Å²) in [5.41, 5.74) is 0.735. The number of halogens is 1. The molecule has 3 aliphatic heterocycles. The topological polar surface area (TPSA) is 69.5 Å². The van der Waals surface area contributed by atoms with Gasteiger partial charge in [-0.05, 0) is 31.0 Å². The lowest BCUT2D eigenvalue weighted by molar-refractivity contribution is -0.115. The molecule has 4 rings (SSSR count). The zero-order chi connectivity index (χ0) is 18.1. The van der Waals surface area contributed by atoms with Crippen molar-refractivity contribution in [2.45, 2.75) is 12.8 Å². The van der Waals surface area contributed by atoms with Gasteiger partial charge in [-0.15, -0.1) is 10.2 Å². The number of carbonyl (C=O) groups excluding carboxylic acids is 1. The number of nitrogens with one attached hydrogen (secondary N) is 1. The molecule has 1 aromatic carbocycles. The molecule has 7 nitrogen and oxygen atoms in total. The number of fused-ring (bicyclic) bond motifs is 5. The Morgan fingerprint density at radius 1 is 1.35 bits per heavy atom. The number of benzene rings is 1. The molecule has 4 bridgehead atoms. The van der Waals surface area contributed by atoms with Crippen LogP contribution in [0, 0.1) is 11.7 Å². The van der Waals surface area contributed by atoms with E-state index in [1.165, 1.54) is 23.5 Å². The summed E-state index contributed by atoms with van der Waals surface area (Å²) in [6.45, 7) is 6.84. The van der Waals surface area contributed by atoms with Gasteiger partial charge in [0.2, 0.25) is 0 Å². The van der Waals surface area contributed by atoms with E-state index in [1.807, 2.05) is 0 Å². The Labute approximate surface area is 150 Å². The summed E-state index contributed by atoms with van der Waals surface area (Å²) in [6.07, 6.45) is 3.01. The number of amides is 1. The first-order chi connectivity index (χ1) is 12.6. The smallest absolute Gasteiger partial charge is 0.257 e. The molecule has 26 heavy (non-hydrogen) atoms. The lowest BCUT2D eigenvalue weighted by Gasteiger charge is -2.24. The zero-order valence-electron chi connectivity index (χ0n) is 14.3. The van der Waals surface area contributed by atoms with Crippen LogP contribution < -0.4 is 15.2 Å². The quantitative estimate of drug-likeness (QED) is 0.718. The molecule has 0 aromatic heterocycles. The fourth-order valence-electron chi connectivity index (χ4n) is 3.38. The van der Waals surface area contributed by atoms with Crippen molar-refractivity contribution in [1.82, 2.24) is 10.2 Å². The van der Waals surface area contributed by atoms with Gasteiger partial charge in [0.15, 0.2) is 0 Å². The molecule has 0 radical (unpaired) electrons. The van der Waals surface area contributed by atoms with Crippen LogP contribution in [0.2, 0.25) is 0 Å². The number of rotatable bonds is 0. The number of nitrogens with zero attached hydrogens (tertiary/aromatic N) is 4. The fourth-order valence-corrected chi connectivity index (χ4v) is 3.38. The Morgan fingerprint density at radius 3 is 3.12 bits per heavy atom. The number of hydrogen-bond donors (Lipinski definition) is 1. The highest BCUT2D eigenvalue weighted by molar-refractivity contribution is 6.17. The minimum atomic E-state index is -0.393. The van der Waals surface area contributed by atoms with E-state index < -0.39 is 5.82 Å². The van der Waals surface area contributed by atoms with E-state index in [9.17, 15) is 9.18 Å². The van der Waals surface area contributed by atoms with Gasteiger partial charge in [0.25, 0.3) is 5.91 Å². The number of amidine groups is 1. The van der Waals surface area contributed by atoms with E-state index in [1.54, 1.807) is 6.07 Å². The SMILES string of the molecule is C=C1/C=N\N2/N=C(/CC3CCN(CCOc4cc(F)ccc42)C3)NC1=O. The molecule has 1 fully saturated rings. The van der Waals surface area contributed by atoms with Crippen molar-refractivity contribution in [3.63, 3.8) is 0 Å². The van der Waals surface area contributed by atoms with Crippen molar-refractivity contribution >= 4 is 23.6 Å². The molecular weight excluding hydrogens is 337 g/mol. The third-order valence-corrected chi connectivity index (χ3v) is 4.74. The summed E-state index contributed by atoms with van der Waals surface area (Å²) < 4.78 is 19.6. The molecule has 0 saturated carbocycles. The molecule has 2 unspecified atom stereocenters. The number of anilines is 1. The van der Waals surface area contributed by atoms with Crippen LogP contribution in [0.25, 0.3) is 0 Å². The third-order valence-electron chi connectivity index (χ3n) is 4.74. The first-order valence-corrected chi connectivity index (χ1v) is 8.65. The monoisotopic (exact) mass is 357 g/mol. The molecule has 1 aromatic rings. The Morgan fingerprint density at radius 2 is 2.23 bits per heavy atom. The highest BCUT2D eigenvalue weighted by Crippen LogP contribution is 2.31. The normalized spacial score (nSPS) is 29.0. The van der Waals surface area contributed by atoms with Crippen molar-refractivity contribution in [2.24, 2.45) is 16.1 Å². The van der Waals surface area contributed by atoms with E-state index in [0.29, 0.717) is 36.2 Å². The van der Waals surface area contributed by atoms with Crippen LogP contribution in [0.3, 0.4) is 0 Å². The van der Waals surface area contributed by atoms with Gasteiger partial charge in [-0.1, -0.05) is 6.58 Å². The first kappa shape index (κ1) is 16.7. The van der Waals surface area contributed by atoms with Gasteiger partial charge >= 0.3 is 0 Å². The number of hydrazone groups is 2. The average Bonchev–Trinajstić information content (AvgIpc) is 3.04. The van der Waals surface area contributed by atoms with Crippen molar-refractivity contribution in [1.29, 1.82) is 0 Å². The molecule has 2 atom stereocenters. The molecule has 3 aliphatic rings. The molecule has 1 N–H and O–H groups in total. The van der Waals surface area contributed by atoms with Gasteiger partial charge < -0.3 is 10.1 Å². The van der Waals surface area contributed by atoms with Crippen LogP contribution >= 0.6 is 0 Å². The largest absolute Gasteiger partial charge is 0.490 e. The lowest BCUT2D eigenvalue weighted by Crippen LogP contribution is -2.37. The van der Waals surface area contributed by atoms with Gasteiger partial charge in [0.1, 0.15) is 29.7 Å². The summed E-state index contributed by atoms with van der Waals surface area (Å²) in [5, 5.41) is 12.9. The zero-order valence-corrected chi connectivity index (χ0v) is 14.3. The van der Waals surface area contributed by atoms with Crippen LogP contribution in [-0.4, -0.2) is 49.1 Å². The molecular formula is C18H20FN5O2. The molecule has 136 valence electrons. The van der Waals surface area contributed by atoms with Gasteiger partial charge in [0, 0.05) is 25.6 Å². The third kappa shape index (κ3) is 3.45. The number of hydrogen-bond acceptors (Lipinski definition) is 6. The average molecular weight is 357 g/mol. The minimum absolute atomic E-state index is 0.229. The van der Waals surface area contributed by atoms with Crippen LogP contribution in [-0.2, 0) is 4.79 Å². The molecule has 3 heterocycles. The van der Waals surface area contributed by atoms with Crippen LogP contribution in [0.5, 0.6) is 5.75 Å². The second-order valence-corrected chi connectivity index (χ2v) is 6.68. The van der Waals surface area contributed by atoms with Crippen molar-refractivity contribution < 1.29 is 13.9 Å². The second kappa shape index (κ2) is 6.87.